The van der Waals surface area contributed by atoms with Gasteiger partial charge in [-0.1, -0.05) is 6.07 Å². The maximum absolute atomic E-state index is 13.9. The van der Waals surface area contributed by atoms with E-state index < -0.39 is 23.1 Å². The summed E-state index contributed by atoms with van der Waals surface area (Å²) < 4.78 is 27.8. The van der Waals surface area contributed by atoms with Crippen molar-refractivity contribution in [2.45, 2.75) is 6.92 Å². The van der Waals surface area contributed by atoms with Gasteiger partial charge in [0.15, 0.2) is 0 Å². The standard InChI is InChI=1S/C21H20F2N6O/c1-14-5-6-24-17(11-14)27-18-12-19(26-13-25-18)28-7-9-29(10-8-28)21(30)20-15(22)3-2-4-16(20)23/h2-6,11-13H,7-10H2,1H3,(H,24,25,26,27). The highest BCUT2D eigenvalue weighted by Crippen LogP contribution is 2.21. The van der Waals surface area contributed by atoms with E-state index >= 15 is 0 Å². The number of carbonyl (C=O) groups is 1. The summed E-state index contributed by atoms with van der Waals surface area (Å²) >= 11 is 0. The summed E-state index contributed by atoms with van der Waals surface area (Å²) in [5, 5.41) is 3.15. The number of carbonyl (C=O) groups excluding carboxylic acids is 1. The van der Waals surface area contributed by atoms with Gasteiger partial charge in [-0.15, -0.1) is 0 Å². The molecule has 0 aliphatic carbocycles. The molecule has 7 nitrogen and oxygen atoms in total. The Morgan fingerprint density at radius 1 is 0.967 bits per heavy atom. The second-order valence-electron chi connectivity index (χ2n) is 6.98. The van der Waals surface area contributed by atoms with Crippen molar-refractivity contribution >= 4 is 23.4 Å². The van der Waals surface area contributed by atoms with Crippen LogP contribution in [-0.4, -0.2) is 51.9 Å². The molecule has 9 heteroatoms. The first-order chi connectivity index (χ1) is 14.5. The van der Waals surface area contributed by atoms with Crippen molar-refractivity contribution in [3.05, 3.63) is 71.7 Å². The van der Waals surface area contributed by atoms with E-state index in [2.05, 4.69) is 20.3 Å². The van der Waals surface area contributed by atoms with E-state index in [9.17, 15) is 13.6 Å². The van der Waals surface area contributed by atoms with Crippen LogP contribution in [0.5, 0.6) is 0 Å². The summed E-state index contributed by atoms with van der Waals surface area (Å²) in [7, 11) is 0. The van der Waals surface area contributed by atoms with E-state index in [0.29, 0.717) is 43.6 Å². The van der Waals surface area contributed by atoms with Gasteiger partial charge in [-0.25, -0.2) is 23.7 Å². The smallest absolute Gasteiger partial charge is 0.259 e. The Balaban J connectivity index is 1.42. The topological polar surface area (TPSA) is 74.2 Å². The first-order valence-corrected chi connectivity index (χ1v) is 9.51. The van der Waals surface area contributed by atoms with Crippen LogP contribution >= 0.6 is 0 Å². The number of pyridine rings is 1. The number of nitrogens with one attached hydrogen (secondary N) is 1. The fraction of sp³-hybridized carbons (Fsp3) is 0.238. The van der Waals surface area contributed by atoms with Crippen molar-refractivity contribution in [2.24, 2.45) is 0 Å². The summed E-state index contributed by atoms with van der Waals surface area (Å²) in [6, 6.07) is 9.04. The summed E-state index contributed by atoms with van der Waals surface area (Å²) in [6.07, 6.45) is 3.17. The van der Waals surface area contributed by atoms with Crippen LogP contribution in [0.3, 0.4) is 0 Å². The molecule has 3 heterocycles. The van der Waals surface area contributed by atoms with Crippen LogP contribution < -0.4 is 10.2 Å². The molecule has 1 fully saturated rings. The van der Waals surface area contributed by atoms with Crippen LogP contribution in [0, 0.1) is 18.6 Å². The zero-order valence-corrected chi connectivity index (χ0v) is 16.3. The van der Waals surface area contributed by atoms with Crippen LogP contribution in [0.2, 0.25) is 0 Å². The summed E-state index contributed by atoms with van der Waals surface area (Å²) in [4.78, 5) is 28.8. The van der Waals surface area contributed by atoms with Crippen molar-refractivity contribution in [3.63, 3.8) is 0 Å². The zero-order chi connectivity index (χ0) is 21.1. The molecule has 0 spiro atoms. The van der Waals surface area contributed by atoms with E-state index in [4.69, 9.17) is 0 Å². The zero-order valence-electron chi connectivity index (χ0n) is 16.3. The lowest BCUT2D eigenvalue weighted by Crippen LogP contribution is -2.49. The highest BCUT2D eigenvalue weighted by Gasteiger charge is 2.27. The third kappa shape index (κ3) is 4.19. The fourth-order valence-electron chi connectivity index (χ4n) is 3.32. The largest absolute Gasteiger partial charge is 0.353 e. The average Bonchev–Trinajstić information content (AvgIpc) is 2.74. The molecule has 1 aromatic carbocycles. The molecular weight excluding hydrogens is 390 g/mol. The SMILES string of the molecule is Cc1ccnc(Nc2cc(N3CCN(C(=O)c4c(F)cccc4F)CC3)ncn2)c1. The van der Waals surface area contributed by atoms with Crippen molar-refractivity contribution in [1.82, 2.24) is 19.9 Å². The predicted octanol–water partition coefficient (Wildman–Crippen LogP) is 3.16. The van der Waals surface area contributed by atoms with Gasteiger partial charge < -0.3 is 15.1 Å². The number of amides is 1. The third-order valence-corrected chi connectivity index (χ3v) is 4.89. The minimum atomic E-state index is -0.848. The Kier molecular flexibility index (Phi) is 5.51. The molecule has 3 aromatic rings. The number of piperazine rings is 1. The van der Waals surface area contributed by atoms with Gasteiger partial charge in [-0.05, 0) is 36.8 Å². The Hall–Kier alpha value is -3.62. The Labute approximate surface area is 172 Å². The lowest BCUT2D eigenvalue weighted by Gasteiger charge is -2.35. The minimum Gasteiger partial charge on any atom is -0.353 e. The molecule has 0 radical (unpaired) electrons. The number of halogens is 2. The monoisotopic (exact) mass is 410 g/mol. The van der Waals surface area contributed by atoms with Crippen LogP contribution in [0.4, 0.5) is 26.2 Å². The lowest BCUT2D eigenvalue weighted by atomic mass is 10.1. The van der Waals surface area contributed by atoms with Crippen molar-refractivity contribution in [1.29, 1.82) is 0 Å². The number of hydrogen-bond donors (Lipinski definition) is 1. The average molecular weight is 410 g/mol. The first kappa shape index (κ1) is 19.7. The first-order valence-electron chi connectivity index (χ1n) is 9.51. The number of hydrogen-bond acceptors (Lipinski definition) is 6. The van der Waals surface area contributed by atoms with Gasteiger partial charge in [0.05, 0.1) is 0 Å². The molecule has 1 aliphatic rings. The number of aryl methyl sites for hydroxylation is 1. The predicted molar refractivity (Wildman–Crippen MR) is 109 cm³/mol. The van der Waals surface area contributed by atoms with E-state index in [0.717, 1.165) is 17.7 Å². The van der Waals surface area contributed by atoms with E-state index in [1.807, 2.05) is 24.0 Å². The van der Waals surface area contributed by atoms with Gasteiger partial charge in [-0.3, -0.25) is 4.79 Å². The van der Waals surface area contributed by atoms with Crippen LogP contribution in [0.25, 0.3) is 0 Å². The summed E-state index contributed by atoms with van der Waals surface area (Å²) in [6.45, 7) is 3.62. The van der Waals surface area contributed by atoms with E-state index in [1.165, 1.54) is 17.3 Å². The number of benzene rings is 1. The van der Waals surface area contributed by atoms with Gasteiger partial charge >= 0.3 is 0 Å². The second-order valence-corrected chi connectivity index (χ2v) is 6.98. The maximum atomic E-state index is 13.9. The molecule has 0 saturated carbocycles. The van der Waals surface area contributed by atoms with Gasteiger partial charge in [-0.2, -0.15) is 0 Å². The molecule has 1 N–H and O–H groups in total. The van der Waals surface area contributed by atoms with Gasteiger partial charge in [0.2, 0.25) is 0 Å². The molecule has 2 aromatic heterocycles. The van der Waals surface area contributed by atoms with Crippen LogP contribution in [0.1, 0.15) is 15.9 Å². The van der Waals surface area contributed by atoms with Crippen molar-refractivity contribution in [3.8, 4) is 0 Å². The second kappa shape index (κ2) is 8.40. The van der Waals surface area contributed by atoms with E-state index in [-0.39, 0.29) is 0 Å². The Morgan fingerprint density at radius 2 is 1.67 bits per heavy atom. The molecule has 30 heavy (non-hydrogen) atoms. The molecule has 0 atom stereocenters. The number of aromatic nitrogens is 3. The normalized spacial score (nSPS) is 14.0. The lowest BCUT2D eigenvalue weighted by molar-refractivity contribution is 0.0736. The highest BCUT2D eigenvalue weighted by molar-refractivity contribution is 5.95. The number of anilines is 3. The number of rotatable bonds is 4. The molecule has 154 valence electrons. The molecule has 0 bridgehead atoms. The molecule has 1 saturated heterocycles. The van der Waals surface area contributed by atoms with Crippen LogP contribution in [0.15, 0.2) is 48.9 Å². The van der Waals surface area contributed by atoms with Gasteiger partial charge in [0, 0.05) is 38.4 Å². The summed E-state index contributed by atoms with van der Waals surface area (Å²) in [5.74, 6) is -0.352. The molecule has 1 amide bonds. The van der Waals surface area contributed by atoms with Gasteiger partial charge in [0.25, 0.3) is 5.91 Å². The molecule has 1 aliphatic heterocycles. The molecule has 4 rings (SSSR count). The number of nitrogens with zero attached hydrogens (tertiary/aromatic N) is 5. The fourth-order valence-corrected chi connectivity index (χ4v) is 3.32. The summed E-state index contributed by atoms with van der Waals surface area (Å²) in [5.41, 5.74) is 0.569. The van der Waals surface area contributed by atoms with Crippen LogP contribution in [-0.2, 0) is 0 Å². The minimum absolute atomic E-state index is 0.332. The van der Waals surface area contributed by atoms with E-state index in [1.54, 1.807) is 12.3 Å². The maximum Gasteiger partial charge on any atom is 0.259 e. The quantitative estimate of drug-likeness (QED) is 0.712. The van der Waals surface area contributed by atoms with Crippen molar-refractivity contribution < 1.29 is 13.6 Å². The molecular formula is C21H20F2N6O. The highest BCUT2D eigenvalue weighted by atomic mass is 19.1. The Bertz CT molecular complexity index is 1050. The van der Waals surface area contributed by atoms with Crippen molar-refractivity contribution in [2.75, 3.05) is 36.4 Å². The van der Waals surface area contributed by atoms with Gasteiger partial charge in [0.1, 0.15) is 41.0 Å². The Morgan fingerprint density at radius 3 is 2.37 bits per heavy atom. The molecule has 0 unspecified atom stereocenters. The third-order valence-electron chi connectivity index (χ3n) is 4.89.